The van der Waals surface area contributed by atoms with E-state index in [2.05, 4.69) is 25.6 Å². The van der Waals surface area contributed by atoms with Gasteiger partial charge in [0.1, 0.15) is 11.5 Å². The van der Waals surface area contributed by atoms with Gasteiger partial charge < -0.3 is 20.1 Å². The third-order valence-corrected chi connectivity index (χ3v) is 3.77. The average Bonchev–Trinajstić information content (AvgIpc) is 2.73. The zero-order valence-corrected chi connectivity index (χ0v) is 15.0. The van der Waals surface area contributed by atoms with Crippen LogP contribution < -0.4 is 20.1 Å². The number of hydrogen-bond acceptors (Lipinski definition) is 7. The number of anilines is 2. The lowest BCUT2D eigenvalue weighted by Gasteiger charge is -2.11. The fourth-order valence-corrected chi connectivity index (χ4v) is 2.31. The lowest BCUT2D eigenvalue weighted by molar-refractivity contribution is 0.102. The Balaban J connectivity index is 1.64. The molecule has 1 aromatic carbocycles. The maximum absolute atomic E-state index is 12.4. The van der Waals surface area contributed by atoms with Crippen LogP contribution in [-0.2, 0) is 6.54 Å². The molecule has 27 heavy (non-hydrogen) atoms. The molecule has 0 aliphatic rings. The first-order valence-corrected chi connectivity index (χ1v) is 8.18. The highest BCUT2D eigenvalue weighted by molar-refractivity contribution is 6.04. The molecule has 0 aliphatic heterocycles. The van der Waals surface area contributed by atoms with Gasteiger partial charge in [0.2, 0.25) is 5.95 Å². The molecule has 8 heteroatoms. The number of nitrogens with one attached hydrogen (secondary N) is 2. The maximum atomic E-state index is 12.4. The molecular weight excluding hydrogens is 346 g/mol. The highest BCUT2D eigenvalue weighted by atomic mass is 16.5. The minimum Gasteiger partial charge on any atom is -0.497 e. The molecule has 1 amide bonds. The van der Waals surface area contributed by atoms with Crippen molar-refractivity contribution in [3.63, 3.8) is 0 Å². The van der Waals surface area contributed by atoms with Gasteiger partial charge in [0.05, 0.1) is 25.5 Å². The summed E-state index contributed by atoms with van der Waals surface area (Å²) in [6, 6.07) is 8.94. The van der Waals surface area contributed by atoms with Crippen LogP contribution in [0.15, 0.2) is 55.1 Å². The highest BCUT2D eigenvalue weighted by Gasteiger charge is 2.12. The molecule has 3 rings (SSSR count). The molecule has 2 aromatic heterocycles. The van der Waals surface area contributed by atoms with Crippen molar-refractivity contribution in [2.24, 2.45) is 0 Å². The Bertz CT molecular complexity index is 901. The van der Waals surface area contributed by atoms with E-state index in [-0.39, 0.29) is 5.91 Å². The second-order valence-corrected chi connectivity index (χ2v) is 5.52. The topological polar surface area (TPSA) is 98.3 Å². The molecule has 0 spiro atoms. The normalized spacial score (nSPS) is 10.1. The summed E-state index contributed by atoms with van der Waals surface area (Å²) in [4.78, 5) is 24.7. The Morgan fingerprint density at radius 1 is 1.04 bits per heavy atom. The minimum absolute atomic E-state index is 0.334. The van der Waals surface area contributed by atoms with Crippen LogP contribution in [0, 0.1) is 0 Å². The molecule has 8 nitrogen and oxygen atoms in total. The van der Waals surface area contributed by atoms with Gasteiger partial charge in [-0.2, -0.15) is 0 Å². The number of amides is 1. The molecule has 3 aromatic rings. The molecule has 2 heterocycles. The minimum atomic E-state index is -0.334. The van der Waals surface area contributed by atoms with Crippen molar-refractivity contribution < 1.29 is 14.3 Å². The van der Waals surface area contributed by atoms with Gasteiger partial charge in [-0.3, -0.25) is 9.78 Å². The molecule has 138 valence electrons. The van der Waals surface area contributed by atoms with Crippen molar-refractivity contribution >= 4 is 17.5 Å². The second kappa shape index (κ2) is 8.61. The smallest absolute Gasteiger partial charge is 0.258 e. The largest absolute Gasteiger partial charge is 0.497 e. The first kappa shape index (κ1) is 18.1. The summed E-state index contributed by atoms with van der Waals surface area (Å²) < 4.78 is 10.4. The Kier molecular flexibility index (Phi) is 5.78. The van der Waals surface area contributed by atoms with E-state index in [0.717, 1.165) is 5.56 Å². The quantitative estimate of drug-likeness (QED) is 0.664. The van der Waals surface area contributed by atoms with Crippen molar-refractivity contribution in [3.8, 4) is 11.5 Å². The predicted octanol–water partition coefficient (Wildman–Crippen LogP) is 2.75. The van der Waals surface area contributed by atoms with E-state index in [1.807, 2.05) is 12.1 Å². The number of hydrogen-bond donors (Lipinski definition) is 2. The van der Waals surface area contributed by atoms with E-state index in [0.29, 0.717) is 35.2 Å². The van der Waals surface area contributed by atoms with Gasteiger partial charge in [0.25, 0.3) is 5.91 Å². The zero-order valence-electron chi connectivity index (χ0n) is 15.0. The molecule has 2 N–H and O–H groups in total. The van der Waals surface area contributed by atoms with Crippen molar-refractivity contribution in [1.29, 1.82) is 0 Å². The molecule has 0 atom stereocenters. The van der Waals surface area contributed by atoms with Gasteiger partial charge in [-0.25, -0.2) is 9.97 Å². The van der Waals surface area contributed by atoms with E-state index >= 15 is 0 Å². The summed E-state index contributed by atoms with van der Waals surface area (Å²) in [6.45, 7) is 0.567. The summed E-state index contributed by atoms with van der Waals surface area (Å²) >= 11 is 0. The number of carbonyl (C=O) groups is 1. The van der Waals surface area contributed by atoms with Gasteiger partial charge >= 0.3 is 0 Å². The van der Waals surface area contributed by atoms with Gasteiger partial charge in [-0.1, -0.05) is 0 Å². The molecule has 0 saturated heterocycles. The van der Waals surface area contributed by atoms with E-state index in [4.69, 9.17) is 9.47 Å². The first-order chi connectivity index (χ1) is 13.2. The standard InChI is InChI=1S/C19H19N5O3/c1-26-15-3-4-16(17(9-15)27-2)24-18(25)14-11-22-19(23-12-14)21-10-13-5-7-20-8-6-13/h3-9,11-12H,10H2,1-2H3,(H,24,25)(H,21,22,23). The first-order valence-electron chi connectivity index (χ1n) is 8.18. The molecule has 0 aliphatic carbocycles. The third kappa shape index (κ3) is 4.69. The average molecular weight is 365 g/mol. The van der Waals surface area contributed by atoms with Crippen molar-refractivity contribution in [2.75, 3.05) is 24.9 Å². The van der Waals surface area contributed by atoms with Crippen molar-refractivity contribution in [1.82, 2.24) is 15.0 Å². The molecule has 0 saturated carbocycles. The van der Waals surface area contributed by atoms with E-state index in [1.54, 1.807) is 37.7 Å². The van der Waals surface area contributed by atoms with Crippen LogP contribution in [-0.4, -0.2) is 35.1 Å². The number of carbonyl (C=O) groups excluding carboxylic acids is 1. The number of pyridine rings is 1. The summed E-state index contributed by atoms with van der Waals surface area (Å²) in [5, 5.41) is 5.87. The van der Waals surface area contributed by atoms with Crippen LogP contribution in [0.3, 0.4) is 0 Å². The van der Waals surface area contributed by atoms with Crippen LogP contribution in [0.2, 0.25) is 0 Å². The monoisotopic (exact) mass is 365 g/mol. The van der Waals surface area contributed by atoms with Gasteiger partial charge in [-0.05, 0) is 29.8 Å². The van der Waals surface area contributed by atoms with Gasteiger partial charge in [-0.15, -0.1) is 0 Å². The van der Waals surface area contributed by atoms with Gasteiger partial charge in [0, 0.05) is 37.4 Å². The van der Waals surface area contributed by atoms with Crippen LogP contribution >= 0.6 is 0 Å². The summed E-state index contributed by atoms with van der Waals surface area (Å²) in [7, 11) is 3.09. The van der Waals surface area contributed by atoms with E-state index < -0.39 is 0 Å². The summed E-state index contributed by atoms with van der Waals surface area (Å²) in [5.74, 6) is 1.24. The predicted molar refractivity (Wildman–Crippen MR) is 101 cm³/mol. The molecule has 0 fully saturated rings. The van der Waals surface area contributed by atoms with Crippen molar-refractivity contribution in [3.05, 3.63) is 66.2 Å². The SMILES string of the molecule is COc1ccc(NC(=O)c2cnc(NCc3ccncc3)nc2)c(OC)c1. The number of benzene rings is 1. The fraction of sp³-hybridized carbons (Fsp3) is 0.158. The molecule has 0 unspecified atom stereocenters. The lowest BCUT2D eigenvalue weighted by Crippen LogP contribution is -2.14. The number of nitrogens with zero attached hydrogens (tertiary/aromatic N) is 3. The summed E-state index contributed by atoms with van der Waals surface area (Å²) in [5.41, 5.74) is 1.92. The van der Waals surface area contributed by atoms with Crippen LogP contribution in [0.5, 0.6) is 11.5 Å². The molecule has 0 radical (unpaired) electrons. The fourth-order valence-electron chi connectivity index (χ4n) is 2.31. The maximum Gasteiger partial charge on any atom is 0.258 e. The Hall–Kier alpha value is -3.68. The second-order valence-electron chi connectivity index (χ2n) is 5.52. The van der Waals surface area contributed by atoms with E-state index in [1.165, 1.54) is 19.5 Å². The van der Waals surface area contributed by atoms with Crippen LogP contribution in [0.25, 0.3) is 0 Å². The number of aromatic nitrogens is 3. The summed E-state index contributed by atoms with van der Waals surface area (Å²) in [6.07, 6.45) is 6.37. The number of methoxy groups -OCH3 is 2. The molecule has 0 bridgehead atoms. The van der Waals surface area contributed by atoms with Crippen LogP contribution in [0.4, 0.5) is 11.6 Å². The van der Waals surface area contributed by atoms with E-state index in [9.17, 15) is 4.79 Å². The third-order valence-electron chi connectivity index (χ3n) is 3.77. The number of rotatable bonds is 7. The molecular formula is C19H19N5O3. The number of ether oxygens (including phenoxy) is 2. The van der Waals surface area contributed by atoms with Gasteiger partial charge in [0.15, 0.2) is 0 Å². The zero-order chi connectivity index (χ0) is 19.1. The van der Waals surface area contributed by atoms with Crippen LogP contribution in [0.1, 0.15) is 15.9 Å². The lowest BCUT2D eigenvalue weighted by atomic mass is 10.2. The Morgan fingerprint density at radius 2 is 1.78 bits per heavy atom. The highest BCUT2D eigenvalue weighted by Crippen LogP contribution is 2.29. The Labute approximate surface area is 156 Å². The van der Waals surface area contributed by atoms with Crippen molar-refractivity contribution in [2.45, 2.75) is 6.54 Å². The Morgan fingerprint density at radius 3 is 2.44 bits per heavy atom.